The average Bonchev–Trinajstić information content (AvgIpc) is 3.35. The highest BCUT2D eigenvalue weighted by Gasteiger charge is 2.43. The molecule has 8 heteroatoms. The number of likely N-dealkylation sites (tertiary alicyclic amines) is 1. The topological polar surface area (TPSA) is 63.7 Å². The molecule has 4 rings (SSSR count). The summed E-state index contributed by atoms with van der Waals surface area (Å²) in [6.45, 7) is 1.03. The first kappa shape index (κ1) is 18.5. The van der Waals surface area contributed by atoms with Gasteiger partial charge in [0.2, 0.25) is 0 Å². The van der Waals surface area contributed by atoms with Gasteiger partial charge in [-0.3, -0.25) is 4.90 Å². The van der Waals surface area contributed by atoms with Crippen LogP contribution in [0.25, 0.3) is 0 Å². The van der Waals surface area contributed by atoms with Gasteiger partial charge in [0.25, 0.3) is 0 Å². The molecule has 0 bridgehead atoms. The number of aromatic nitrogens is 1. The predicted octanol–water partition coefficient (Wildman–Crippen LogP) is 3.98. The van der Waals surface area contributed by atoms with Crippen LogP contribution in [0.3, 0.4) is 0 Å². The van der Waals surface area contributed by atoms with Crippen LogP contribution in [-0.4, -0.2) is 48.7 Å². The monoisotopic (exact) mass is 407 g/mol. The van der Waals surface area contributed by atoms with Crippen LogP contribution in [0.5, 0.6) is 5.75 Å². The van der Waals surface area contributed by atoms with Gasteiger partial charge in [0.15, 0.2) is 15.2 Å². The SMILES string of the molecule is COC(=O)c1sc(NC2CCN(C3CC3)C2c2cccc(OC)c2)nc1Cl. The van der Waals surface area contributed by atoms with Gasteiger partial charge >= 0.3 is 5.97 Å². The zero-order chi connectivity index (χ0) is 19.0. The highest BCUT2D eigenvalue weighted by molar-refractivity contribution is 7.18. The Bertz CT molecular complexity index is 839. The van der Waals surface area contributed by atoms with E-state index in [1.165, 1.54) is 36.9 Å². The molecule has 2 unspecified atom stereocenters. The van der Waals surface area contributed by atoms with Gasteiger partial charge in [0, 0.05) is 18.6 Å². The van der Waals surface area contributed by atoms with Crippen molar-refractivity contribution in [1.82, 2.24) is 9.88 Å². The van der Waals surface area contributed by atoms with Crippen molar-refractivity contribution in [2.75, 3.05) is 26.1 Å². The van der Waals surface area contributed by atoms with Gasteiger partial charge in [-0.15, -0.1) is 0 Å². The number of hydrogen-bond donors (Lipinski definition) is 1. The average molecular weight is 408 g/mol. The molecule has 2 atom stereocenters. The molecule has 2 aromatic rings. The highest BCUT2D eigenvalue weighted by Crippen LogP contribution is 2.43. The highest BCUT2D eigenvalue weighted by atomic mass is 35.5. The Morgan fingerprint density at radius 3 is 2.85 bits per heavy atom. The number of carbonyl (C=O) groups excluding carboxylic acids is 1. The molecule has 1 N–H and O–H groups in total. The molecule has 0 radical (unpaired) electrons. The van der Waals surface area contributed by atoms with E-state index in [9.17, 15) is 4.79 Å². The van der Waals surface area contributed by atoms with E-state index in [4.69, 9.17) is 21.1 Å². The minimum Gasteiger partial charge on any atom is -0.497 e. The van der Waals surface area contributed by atoms with Crippen molar-refractivity contribution in [2.45, 2.75) is 37.4 Å². The lowest BCUT2D eigenvalue weighted by Gasteiger charge is -2.29. The molecule has 1 aliphatic heterocycles. The van der Waals surface area contributed by atoms with E-state index in [0.717, 1.165) is 18.7 Å². The summed E-state index contributed by atoms with van der Waals surface area (Å²) < 4.78 is 10.2. The van der Waals surface area contributed by atoms with E-state index in [1.807, 2.05) is 12.1 Å². The van der Waals surface area contributed by atoms with Gasteiger partial charge in [-0.2, -0.15) is 0 Å². The van der Waals surface area contributed by atoms with E-state index in [-0.39, 0.29) is 17.2 Å². The number of ether oxygens (including phenoxy) is 2. The van der Waals surface area contributed by atoms with E-state index in [0.29, 0.717) is 16.1 Å². The second-order valence-corrected chi connectivity index (χ2v) is 8.22. The Kier molecular flexibility index (Phi) is 5.25. The largest absolute Gasteiger partial charge is 0.497 e. The smallest absolute Gasteiger partial charge is 0.351 e. The summed E-state index contributed by atoms with van der Waals surface area (Å²) in [5, 5.41) is 4.35. The number of methoxy groups -OCH3 is 2. The number of carbonyl (C=O) groups is 1. The fourth-order valence-electron chi connectivity index (χ4n) is 3.77. The molecular formula is C19H22ClN3O3S. The summed E-state index contributed by atoms with van der Waals surface area (Å²) in [4.78, 5) is 19.0. The molecule has 2 heterocycles. The number of rotatable bonds is 6. The normalized spacial score (nSPS) is 22.6. The van der Waals surface area contributed by atoms with E-state index in [1.54, 1.807) is 7.11 Å². The summed E-state index contributed by atoms with van der Waals surface area (Å²) in [5.74, 6) is 0.403. The number of benzene rings is 1. The molecule has 1 aromatic heterocycles. The number of esters is 1. The number of hydrogen-bond acceptors (Lipinski definition) is 7. The molecule has 27 heavy (non-hydrogen) atoms. The summed E-state index contributed by atoms with van der Waals surface area (Å²) in [6.07, 6.45) is 3.51. The summed E-state index contributed by atoms with van der Waals surface area (Å²) >= 11 is 7.35. The maximum absolute atomic E-state index is 11.8. The number of nitrogens with zero attached hydrogens (tertiary/aromatic N) is 2. The van der Waals surface area contributed by atoms with Gasteiger partial charge in [0.05, 0.1) is 20.3 Å². The molecule has 1 saturated carbocycles. The molecule has 144 valence electrons. The first-order chi connectivity index (χ1) is 13.1. The zero-order valence-electron chi connectivity index (χ0n) is 15.3. The molecule has 1 saturated heterocycles. The van der Waals surface area contributed by atoms with E-state index >= 15 is 0 Å². The zero-order valence-corrected chi connectivity index (χ0v) is 16.8. The summed E-state index contributed by atoms with van der Waals surface area (Å²) in [6, 6.07) is 9.32. The number of anilines is 1. The Labute approximate surface area is 167 Å². The van der Waals surface area contributed by atoms with Crippen LogP contribution in [0.15, 0.2) is 24.3 Å². The molecule has 1 aromatic carbocycles. The van der Waals surface area contributed by atoms with Gasteiger partial charge in [-0.05, 0) is 37.0 Å². The van der Waals surface area contributed by atoms with Crippen LogP contribution in [0.4, 0.5) is 5.13 Å². The lowest BCUT2D eigenvalue weighted by atomic mass is 9.99. The second kappa shape index (κ2) is 7.66. The predicted molar refractivity (Wildman–Crippen MR) is 106 cm³/mol. The first-order valence-electron chi connectivity index (χ1n) is 9.01. The van der Waals surface area contributed by atoms with Crippen molar-refractivity contribution in [3.05, 3.63) is 39.9 Å². The van der Waals surface area contributed by atoms with Crippen LogP contribution >= 0.6 is 22.9 Å². The van der Waals surface area contributed by atoms with E-state index in [2.05, 4.69) is 27.3 Å². The Balaban J connectivity index is 1.60. The lowest BCUT2D eigenvalue weighted by molar-refractivity contribution is 0.0606. The number of nitrogens with one attached hydrogen (secondary N) is 1. The third-order valence-corrected chi connectivity index (χ3v) is 6.51. The van der Waals surface area contributed by atoms with Crippen LogP contribution in [-0.2, 0) is 4.74 Å². The Morgan fingerprint density at radius 1 is 1.33 bits per heavy atom. The van der Waals surface area contributed by atoms with Gasteiger partial charge in [-0.25, -0.2) is 9.78 Å². The molecule has 0 amide bonds. The second-order valence-electron chi connectivity index (χ2n) is 6.86. The van der Waals surface area contributed by atoms with Crippen molar-refractivity contribution >= 4 is 34.0 Å². The molecule has 2 fully saturated rings. The maximum atomic E-state index is 11.8. The molecule has 0 spiro atoms. The lowest BCUT2D eigenvalue weighted by Crippen LogP contribution is -2.32. The van der Waals surface area contributed by atoms with Crippen molar-refractivity contribution < 1.29 is 14.3 Å². The first-order valence-corrected chi connectivity index (χ1v) is 10.2. The third-order valence-electron chi connectivity index (χ3n) is 5.15. The molecule has 6 nitrogen and oxygen atoms in total. The summed E-state index contributed by atoms with van der Waals surface area (Å²) in [5.41, 5.74) is 1.23. The number of halogens is 1. The van der Waals surface area contributed by atoms with Gasteiger partial charge in [-0.1, -0.05) is 35.1 Å². The van der Waals surface area contributed by atoms with Crippen LogP contribution in [0.2, 0.25) is 5.15 Å². The van der Waals surface area contributed by atoms with Crippen molar-refractivity contribution in [3.63, 3.8) is 0 Å². The Morgan fingerprint density at radius 2 is 2.15 bits per heavy atom. The molecular weight excluding hydrogens is 386 g/mol. The quantitative estimate of drug-likeness (QED) is 0.730. The van der Waals surface area contributed by atoms with Crippen LogP contribution < -0.4 is 10.1 Å². The van der Waals surface area contributed by atoms with Crippen molar-refractivity contribution in [2.24, 2.45) is 0 Å². The Hall–Kier alpha value is -1.83. The number of thiazole rings is 1. The van der Waals surface area contributed by atoms with Gasteiger partial charge in [0.1, 0.15) is 5.75 Å². The fraction of sp³-hybridized carbons (Fsp3) is 0.474. The molecule has 1 aliphatic carbocycles. The summed E-state index contributed by atoms with van der Waals surface area (Å²) in [7, 11) is 3.03. The van der Waals surface area contributed by atoms with Crippen molar-refractivity contribution in [3.8, 4) is 5.75 Å². The van der Waals surface area contributed by atoms with Crippen LogP contribution in [0.1, 0.15) is 40.5 Å². The minimum absolute atomic E-state index is 0.185. The maximum Gasteiger partial charge on any atom is 0.351 e. The fourth-order valence-corrected chi connectivity index (χ4v) is 4.94. The minimum atomic E-state index is -0.457. The standard InChI is InChI=1S/C19H22ClN3O3S/c1-25-13-5-3-4-11(10-13)15-14(8-9-23(15)12-6-7-12)21-19-22-17(20)16(27-19)18(24)26-2/h3-5,10,12,14-15H,6-9H2,1-2H3,(H,21,22). The third kappa shape index (κ3) is 3.77. The van der Waals surface area contributed by atoms with Crippen LogP contribution in [0, 0.1) is 0 Å². The molecule has 2 aliphatic rings. The van der Waals surface area contributed by atoms with Crippen molar-refractivity contribution in [1.29, 1.82) is 0 Å². The van der Waals surface area contributed by atoms with Gasteiger partial charge < -0.3 is 14.8 Å². The van der Waals surface area contributed by atoms with E-state index < -0.39 is 5.97 Å².